The molecule has 0 aromatic carbocycles. The lowest BCUT2D eigenvalue weighted by Crippen LogP contribution is -2.61. The summed E-state index contributed by atoms with van der Waals surface area (Å²) >= 11 is 0. The van der Waals surface area contributed by atoms with E-state index >= 15 is 0 Å². The van der Waals surface area contributed by atoms with Crippen LogP contribution in [0.25, 0.3) is 0 Å². The molecule has 4 heteroatoms. The minimum Gasteiger partial charge on any atom is -0.392 e. The molecular weight excluding hydrogens is 218 g/mol. The highest BCUT2D eigenvalue weighted by molar-refractivity contribution is 5.01. The Morgan fingerprint density at radius 2 is 2.00 bits per heavy atom. The van der Waals surface area contributed by atoms with Crippen molar-refractivity contribution in [1.82, 2.24) is 5.32 Å². The molecule has 102 valence electrons. The largest absolute Gasteiger partial charge is 0.392 e. The Balaban J connectivity index is 2.10. The molecule has 4 nitrogen and oxygen atoms in total. The summed E-state index contributed by atoms with van der Waals surface area (Å²) in [4.78, 5) is 0. The molecule has 1 aliphatic carbocycles. The van der Waals surface area contributed by atoms with Gasteiger partial charge in [0.2, 0.25) is 0 Å². The van der Waals surface area contributed by atoms with Crippen molar-refractivity contribution < 1.29 is 14.9 Å². The zero-order valence-electron chi connectivity index (χ0n) is 11.4. The standard InChI is InChI=1S/C13H27NO3/c1-9(2)7-17-8-10(15)6-14-11-5-12(16)13(11,3)4/h9-12,14-16H,5-8H2,1-4H3. The number of aliphatic hydroxyl groups excluding tert-OH is 2. The number of ether oxygens (including phenoxy) is 1. The highest BCUT2D eigenvalue weighted by Crippen LogP contribution is 2.40. The van der Waals surface area contributed by atoms with Crippen LogP contribution < -0.4 is 5.32 Å². The second-order valence-corrected chi connectivity index (χ2v) is 6.12. The zero-order valence-corrected chi connectivity index (χ0v) is 11.4. The fraction of sp³-hybridized carbons (Fsp3) is 1.00. The van der Waals surface area contributed by atoms with E-state index in [9.17, 15) is 10.2 Å². The number of hydrogen-bond donors (Lipinski definition) is 3. The smallest absolute Gasteiger partial charge is 0.0897 e. The number of nitrogens with one attached hydrogen (secondary N) is 1. The monoisotopic (exact) mass is 245 g/mol. The van der Waals surface area contributed by atoms with Crippen LogP contribution in [0.4, 0.5) is 0 Å². The Labute approximate surface area is 104 Å². The Hall–Kier alpha value is -0.160. The van der Waals surface area contributed by atoms with E-state index in [-0.39, 0.29) is 17.6 Å². The molecule has 0 heterocycles. The van der Waals surface area contributed by atoms with Crippen molar-refractivity contribution in [2.45, 2.75) is 52.4 Å². The molecule has 1 rings (SSSR count). The normalized spacial score (nSPS) is 29.1. The summed E-state index contributed by atoms with van der Waals surface area (Å²) < 4.78 is 5.37. The van der Waals surface area contributed by atoms with E-state index < -0.39 is 6.10 Å². The molecular formula is C13H27NO3. The van der Waals surface area contributed by atoms with Crippen LogP contribution >= 0.6 is 0 Å². The average molecular weight is 245 g/mol. The van der Waals surface area contributed by atoms with Gasteiger partial charge in [0, 0.05) is 24.6 Å². The van der Waals surface area contributed by atoms with Gasteiger partial charge in [-0.1, -0.05) is 27.7 Å². The number of rotatable bonds is 7. The lowest BCUT2D eigenvalue weighted by molar-refractivity contribution is -0.0768. The summed E-state index contributed by atoms with van der Waals surface area (Å²) in [5, 5.41) is 22.6. The minimum atomic E-state index is -0.470. The van der Waals surface area contributed by atoms with Gasteiger partial charge in [-0.3, -0.25) is 0 Å². The van der Waals surface area contributed by atoms with Gasteiger partial charge in [-0.25, -0.2) is 0 Å². The molecule has 1 fully saturated rings. The van der Waals surface area contributed by atoms with Gasteiger partial charge >= 0.3 is 0 Å². The van der Waals surface area contributed by atoms with Crippen LogP contribution in [0.1, 0.15) is 34.1 Å². The molecule has 3 atom stereocenters. The predicted molar refractivity (Wildman–Crippen MR) is 67.9 cm³/mol. The van der Waals surface area contributed by atoms with E-state index in [2.05, 4.69) is 19.2 Å². The van der Waals surface area contributed by atoms with Crippen molar-refractivity contribution in [3.05, 3.63) is 0 Å². The summed E-state index contributed by atoms with van der Waals surface area (Å²) in [5.74, 6) is 0.496. The fourth-order valence-electron chi connectivity index (χ4n) is 2.03. The van der Waals surface area contributed by atoms with Gasteiger partial charge in [-0.15, -0.1) is 0 Å². The first-order valence-electron chi connectivity index (χ1n) is 6.51. The topological polar surface area (TPSA) is 61.7 Å². The fourth-order valence-corrected chi connectivity index (χ4v) is 2.03. The van der Waals surface area contributed by atoms with Crippen molar-refractivity contribution in [2.24, 2.45) is 11.3 Å². The van der Waals surface area contributed by atoms with E-state index in [1.165, 1.54) is 0 Å². The van der Waals surface area contributed by atoms with Crippen molar-refractivity contribution in [2.75, 3.05) is 19.8 Å². The first-order valence-corrected chi connectivity index (χ1v) is 6.51. The third kappa shape index (κ3) is 4.21. The first kappa shape index (κ1) is 14.9. The van der Waals surface area contributed by atoms with Crippen molar-refractivity contribution in [3.63, 3.8) is 0 Å². The number of hydrogen-bond acceptors (Lipinski definition) is 4. The van der Waals surface area contributed by atoms with Gasteiger partial charge < -0.3 is 20.3 Å². The van der Waals surface area contributed by atoms with Crippen LogP contribution in [-0.4, -0.2) is 48.2 Å². The van der Waals surface area contributed by atoms with Gasteiger partial charge in [-0.05, 0) is 12.3 Å². The lowest BCUT2D eigenvalue weighted by Gasteiger charge is -2.49. The molecule has 1 saturated carbocycles. The molecule has 0 radical (unpaired) electrons. The van der Waals surface area contributed by atoms with Gasteiger partial charge in [0.25, 0.3) is 0 Å². The Bertz CT molecular complexity index is 231. The van der Waals surface area contributed by atoms with E-state index in [0.717, 1.165) is 6.42 Å². The second-order valence-electron chi connectivity index (χ2n) is 6.12. The maximum absolute atomic E-state index is 9.72. The Morgan fingerprint density at radius 3 is 2.47 bits per heavy atom. The summed E-state index contributed by atoms with van der Waals surface area (Å²) in [6.07, 6.45) is 0.0728. The minimum absolute atomic E-state index is 0.0848. The zero-order chi connectivity index (χ0) is 13.1. The molecule has 0 amide bonds. The molecule has 3 unspecified atom stereocenters. The maximum atomic E-state index is 9.72. The first-order chi connectivity index (χ1) is 7.84. The van der Waals surface area contributed by atoms with Gasteiger partial charge in [0.05, 0.1) is 18.8 Å². The third-order valence-electron chi connectivity index (χ3n) is 3.58. The number of aliphatic hydroxyl groups is 2. The molecule has 0 aliphatic heterocycles. The predicted octanol–water partition coefficient (Wildman–Crippen LogP) is 0.769. The Kier molecular flexibility index (Phi) is 5.38. The van der Waals surface area contributed by atoms with E-state index in [0.29, 0.717) is 25.7 Å². The van der Waals surface area contributed by atoms with Crippen LogP contribution in [0.5, 0.6) is 0 Å². The molecule has 0 aromatic rings. The van der Waals surface area contributed by atoms with Gasteiger partial charge in [-0.2, -0.15) is 0 Å². The lowest BCUT2D eigenvalue weighted by atomic mass is 9.64. The van der Waals surface area contributed by atoms with Crippen molar-refractivity contribution in [1.29, 1.82) is 0 Å². The quantitative estimate of drug-likeness (QED) is 0.620. The highest BCUT2D eigenvalue weighted by Gasteiger charge is 2.46. The van der Waals surface area contributed by atoms with E-state index in [1.807, 2.05) is 13.8 Å². The molecule has 17 heavy (non-hydrogen) atoms. The van der Waals surface area contributed by atoms with Crippen LogP contribution in [0.3, 0.4) is 0 Å². The van der Waals surface area contributed by atoms with Crippen LogP contribution in [0.2, 0.25) is 0 Å². The summed E-state index contributed by atoms with van der Waals surface area (Å²) in [6, 6.07) is 0.289. The summed E-state index contributed by atoms with van der Waals surface area (Å²) in [6.45, 7) is 9.84. The maximum Gasteiger partial charge on any atom is 0.0897 e. The third-order valence-corrected chi connectivity index (χ3v) is 3.58. The highest BCUT2D eigenvalue weighted by atomic mass is 16.5. The summed E-state index contributed by atoms with van der Waals surface area (Å²) in [7, 11) is 0. The molecule has 3 N–H and O–H groups in total. The Morgan fingerprint density at radius 1 is 1.35 bits per heavy atom. The van der Waals surface area contributed by atoms with Gasteiger partial charge in [0.15, 0.2) is 0 Å². The SMILES string of the molecule is CC(C)COCC(O)CNC1CC(O)C1(C)C. The summed E-state index contributed by atoms with van der Waals surface area (Å²) in [5.41, 5.74) is -0.0848. The second kappa shape index (κ2) is 6.14. The van der Waals surface area contributed by atoms with Crippen molar-refractivity contribution in [3.8, 4) is 0 Å². The molecule has 0 aromatic heterocycles. The van der Waals surface area contributed by atoms with Crippen LogP contribution in [-0.2, 0) is 4.74 Å². The van der Waals surface area contributed by atoms with Crippen molar-refractivity contribution >= 4 is 0 Å². The molecule has 0 saturated heterocycles. The van der Waals surface area contributed by atoms with Crippen LogP contribution in [0.15, 0.2) is 0 Å². The molecule has 0 spiro atoms. The van der Waals surface area contributed by atoms with E-state index in [4.69, 9.17) is 4.74 Å². The molecule has 0 bridgehead atoms. The average Bonchev–Trinajstić information content (AvgIpc) is 2.23. The van der Waals surface area contributed by atoms with Gasteiger partial charge in [0.1, 0.15) is 0 Å². The van der Waals surface area contributed by atoms with Crippen LogP contribution in [0, 0.1) is 11.3 Å². The molecule has 1 aliphatic rings. The van der Waals surface area contributed by atoms with E-state index in [1.54, 1.807) is 0 Å².